The summed E-state index contributed by atoms with van der Waals surface area (Å²) in [5.74, 6) is -1.03. The number of rotatable bonds is 7. The van der Waals surface area contributed by atoms with Crippen LogP contribution in [0.3, 0.4) is 0 Å². The van der Waals surface area contributed by atoms with Crippen LogP contribution in [0.4, 0.5) is 5.69 Å². The molecule has 0 fully saturated rings. The molecule has 7 nitrogen and oxygen atoms in total. The van der Waals surface area contributed by atoms with Crippen LogP contribution in [0.25, 0.3) is 22.6 Å². The van der Waals surface area contributed by atoms with Crippen LogP contribution < -0.4 is 10.1 Å². The molecule has 0 atom stereocenters. The third-order valence-corrected chi connectivity index (χ3v) is 5.22. The summed E-state index contributed by atoms with van der Waals surface area (Å²) in [5, 5.41) is 7.05. The van der Waals surface area contributed by atoms with Crippen molar-refractivity contribution in [3.05, 3.63) is 53.6 Å². The summed E-state index contributed by atoms with van der Waals surface area (Å²) in [4.78, 5) is 24.5. The van der Waals surface area contributed by atoms with Crippen LogP contribution in [-0.2, 0) is 14.3 Å². The van der Waals surface area contributed by atoms with Crippen molar-refractivity contribution < 1.29 is 23.6 Å². The number of carbonyl (C=O) groups is 2. The molecule has 0 aliphatic heterocycles. The average Bonchev–Trinajstić information content (AvgIpc) is 3.22. The zero-order valence-corrected chi connectivity index (χ0v) is 19.6. The maximum absolute atomic E-state index is 12.5. The van der Waals surface area contributed by atoms with Gasteiger partial charge < -0.3 is 19.3 Å². The Bertz CT molecular complexity index is 1140. The lowest BCUT2D eigenvalue weighted by Gasteiger charge is -2.19. The summed E-state index contributed by atoms with van der Waals surface area (Å²) in [6.07, 6.45) is -0.479. The predicted molar refractivity (Wildman–Crippen MR) is 123 cm³/mol. The van der Waals surface area contributed by atoms with Crippen LogP contribution in [-0.4, -0.2) is 34.6 Å². The van der Waals surface area contributed by atoms with Gasteiger partial charge in [-0.3, -0.25) is 4.79 Å². The highest BCUT2D eigenvalue weighted by Crippen LogP contribution is 2.37. The Morgan fingerprint density at radius 2 is 1.84 bits per heavy atom. The SMILES string of the molecule is COc1cccc(Cl)c1-c1cc(-c2cccc(NC(=O)C(Cl)(Cl)C(=O)OC(C)C)c2)on1. The lowest BCUT2D eigenvalue weighted by Crippen LogP contribution is -2.42. The fourth-order valence-electron chi connectivity index (χ4n) is 2.79. The molecule has 2 aromatic carbocycles. The van der Waals surface area contributed by atoms with Crippen LogP contribution >= 0.6 is 34.8 Å². The van der Waals surface area contributed by atoms with Crippen molar-refractivity contribution in [3.63, 3.8) is 0 Å². The number of ether oxygens (including phenoxy) is 2. The first-order valence-corrected chi connectivity index (χ1v) is 10.6. The number of carbonyl (C=O) groups excluding carboxylic acids is 2. The molecule has 168 valence electrons. The number of anilines is 1. The Kier molecular flexibility index (Phi) is 7.33. The zero-order valence-electron chi connectivity index (χ0n) is 17.3. The minimum Gasteiger partial charge on any atom is -0.496 e. The Morgan fingerprint density at radius 3 is 2.53 bits per heavy atom. The summed E-state index contributed by atoms with van der Waals surface area (Å²) < 4.78 is 13.4. The molecule has 1 amide bonds. The van der Waals surface area contributed by atoms with Gasteiger partial charge in [0, 0.05) is 17.3 Å². The minimum atomic E-state index is -2.40. The molecule has 3 rings (SSSR count). The quantitative estimate of drug-likeness (QED) is 0.254. The molecule has 10 heteroatoms. The van der Waals surface area contributed by atoms with E-state index in [0.717, 1.165) is 0 Å². The van der Waals surface area contributed by atoms with E-state index in [1.54, 1.807) is 62.4 Å². The molecule has 0 saturated carbocycles. The average molecular weight is 498 g/mol. The van der Waals surface area contributed by atoms with Crippen LogP contribution in [0.15, 0.2) is 53.1 Å². The topological polar surface area (TPSA) is 90.7 Å². The summed E-state index contributed by atoms with van der Waals surface area (Å²) in [5.41, 5.74) is 2.01. The van der Waals surface area contributed by atoms with E-state index in [9.17, 15) is 9.59 Å². The fraction of sp³-hybridized carbons (Fsp3) is 0.227. The number of nitrogens with one attached hydrogen (secondary N) is 1. The van der Waals surface area contributed by atoms with Gasteiger partial charge in [0.25, 0.3) is 10.2 Å². The monoisotopic (exact) mass is 496 g/mol. The lowest BCUT2D eigenvalue weighted by atomic mass is 10.1. The van der Waals surface area contributed by atoms with Crippen molar-refractivity contribution >= 4 is 52.4 Å². The third-order valence-electron chi connectivity index (χ3n) is 4.25. The number of aromatic nitrogens is 1. The number of halogens is 3. The molecule has 32 heavy (non-hydrogen) atoms. The van der Waals surface area contributed by atoms with Crippen molar-refractivity contribution in [1.82, 2.24) is 5.16 Å². The molecule has 3 aromatic rings. The molecule has 0 aliphatic carbocycles. The van der Waals surface area contributed by atoms with E-state index in [4.69, 9.17) is 48.8 Å². The molecule has 0 saturated heterocycles. The number of nitrogens with zero attached hydrogens (tertiary/aromatic N) is 1. The van der Waals surface area contributed by atoms with Gasteiger partial charge >= 0.3 is 5.97 Å². The zero-order chi connectivity index (χ0) is 23.5. The second kappa shape index (κ2) is 9.81. The number of benzene rings is 2. The van der Waals surface area contributed by atoms with E-state index in [1.807, 2.05) is 0 Å². The highest BCUT2D eigenvalue weighted by molar-refractivity contribution is 6.68. The molecule has 0 unspecified atom stereocenters. The first-order chi connectivity index (χ1) is 15.1. The molecule has 0 radical (unpaired) electrons. The first-order valence-electron chi connectivity index (χ1n) is 9.44. The van der Waals surface area contributed by atoms with Gasteiger partial charge in [0.2, 0.25) is 0 Å². The van der Waals surface area contributed by atoms with E-state index in [2.05, 4.69) is 10.5 Å². The van der Waals surface area contributed by atoms with E-state index >= 15 is 0 Å². The number of methoxy groups -OCH3 is 1. The number of alkyl halides is 2. The Hall–Kier alpha value is -2.74. The van der Waals surface area contributed by atoms with Gasteiger partial charge in [0.15, 0.2) is 5.76 Å². The predicted octanol–water partition coefficient (Wildman–Crippen LogP) is 5.73. The van der Waals surface area contributed by atoms with Crippen molar-refractivity contribution in [1.29, 1.82) is 0 Å². The number of esters is 1. The second-order valence-corrected chi connectivity index (χ2v) is 8.69. The van der Waals surface area contributed by atoms with E-state index in [1.165, 1.54) is 7.11 Å². The standard InChI is InChI=1S/C22H19Cl3N2O5/c1-12(2)31-21(29)22(24,25)20(28)26-14-7-4-6-13(10-14)18-11-16(27-32-18)19-15(23)8-5-9-17(19)30-3/h4-12H,1-3H3,(H,26,28). The largest absolute Gasteiger partial charge is 0.496 e. The minimum absolute atomic E-state index is 0.337. The van der Waals surface area contributed by atoms with Crippen LogP contribution in [0.2, 0.25) is 5.02 Å². The van der Waals surface area contributed by atoms with Gasteiger partial charge in [-0.25, -0.2) is 4.79 Å². The van der Waals surface area contributed by atoms with Crippen molar-refractivity contribution in [2.45, 2.75) is 24.3 Å². The van der Waals surface area contributed by atoms with E-state index in [-0.39, 0.29) is 0 Å². The molecule has 1 aromatic heterocycles. The molecule has 0 spiro atoms. The molecule has 1 N–H and O–H groups in total. The second-order valence-electron chi connectivity index (χ2n) is 6.96. The van der Waals surface area contributed by atoms with Crippen molar-refractivity contribution in [2.75, 3.05) is 12.4 Å². The normalized spacial score (nSPS) is 11.3. The van der Waals surface area contributed by atoms with Gasteiger partial charge in [-0.05, 0) is 38.1 Å². The van der Waals surface area contributed by atoms with Gasteiger partial charge in [-0.2, -0.15) is 0 Å². The molecular weight excluding hydrogens is 479 g/mol. The Labute approximate surface area is 199 Å². The smallest absolute Gasteiger partial charge is 0.352 e. The number of hydrogen-bond donors (Lipinski definition) is 1. The van der Waals surface area contributed by atoms with Crippen LogP contribution in [0, 0.1) is 0 Å². The summed E-state index contributed by atoms with van der Waals surface area (Å²) in [6, 6.07) is 13.6. The maximum Gasteiger partial charge on any atom is 0.352 e. The number of amides is 1. The van der Waals surface area contributed by atoms with E-state index < -0.39 is 22.3 Å². The van der Waals surface area contributed by atoms with Gasteiger partial charge in [-0.1, -0.05) is 58.2 Å². The highest BCUT2D eigenvalue weighted by atomic mass is 35.5. The van der Waals surface area contributed by atoms with E-state index in [0.29, 0.717) is 39.0 Å². The maximum atomic E-state index is 12.5. The summed E-state index contributed by atoms with van der Waals surface area (Å²) in [6.45, 7) is 3.24. The fourth-order valence-corrected chi connectivity index (χ4v) is 3.24. The lowest BCUT2D eigenvalue weighted by molar-refractivity contribution is -0.150. The molecule has 1 heterocycles. The van der Waals surface area contributed by atoms with Crippen molar-refractivity contribution in [2.24, 2.45) is 0 Å². The first kappa shape index (κ1) is 23.9. The van der Waals surface area contributed by atoms with Crippen LogP contribution in [0.5, 0.6) is 5.75 Å². The van der Waals surface area contributed by atoms with Gasteiger partial charge in [0.05, 0.1) is 23.8 Å². The van der Waals surface area contributed by atoms with Crippen LogP contribution in [0.1, 0.15) is 13.8 Å². The van der Waals surface area contributed by atoms with Crippen molar-refractivity contribution in [3.8, 4) is 28.3 Å². The summed E-state index contributed by atoms with van der Waals surface area (Å²) >= 11 is 18.2. The molecular formula is C22H19Cl3N2O5. The molecule has 0 bridgehead atoms. The number of hydrogen-bond acceptors (Lipinski definition) is 6. The molecule has 0 aliphatic rings. The Balaban J connectivity index is 1.84. The van der Waals surface area contributed by atoms with Gasteiger partial charge in [0.1, 0.15) is 11.4 Å². The third kappa shape index (κ3) is 5.18. The Morgan fingerprint density at radius 1 is 1.12 bits per heavy atom. The summed E-state index contributed by atoms with van der Waals surface area (Å²) in [7, 11) is 1.53. The van der Waals surface area contributed by atoms with Gasteiger partial charge in [-0.15, -0.1) is 0 Å². The highest BCUT2D eigenvalue weighted by Gasteiger charge is 2.44.